The number of hydrogen-bond donors (Lipinski definition) is 2. The average molecular weight is 348 g/mol. The predicted molar refractivity (Wildman–Crippen MR) is 95.7 cm³/mol. The van der Waals surface area contributed by atoms with Gasteiger partial charge in [0.05, 0.1) is 31.2 Å². The van der Waals surface area contributed by atoms with E-state index in [4.69, 9.17) is 14.7 Å². The number of aliphatic hydroxyl groups is 1. The SMILES string of the molecule is C[C@H](O)CNc1nc(CN2CCOCC2)nc2sc3c(c12)CCC3. The van der Waals surface area contributed by atoms with Gasteiger partial charge >= 0.3 is 0 Å². The second-order valence-corrected chi connectivity index (χ2v) is 7.73. The van der Waals surface area contributed by atoms with Gasteiger partial charge in [0.15, 0.2) is 0 Å². The van der Waals surface area contributed by atoms with Crippen LogP contribution in [0.15, 0.2) is 0 Å². The number of fused-ring (bicyclic) bond motifs is 3. The summed E-state index contributed by atoms with van der Waals surface area (Å²) in [6, 6.07) is 0. The van der Waals surface area contributed by atoms with Crippen LogP contribution in [0, 0.1) is 0 Å². The maximum atomic E-state index is 9.63. The maximum absolute atomic E-state index is 9.63. The Labute approximate surface area is 145 Å². The Balaban J connectivity index is 1.67. The summed E-state index contributed by atoms with van der Waals surface area (Å²) in [6.07, 6.45) is 3.10. The molecule has 1 fully saturated rings. The second kappa shape index (κ2) is 6.92. The van der Waals surface area contributed by atoms with E-state index in [2.05, 4.69) is 10.2 Å². The van der Waals surface area contributed by atoms with Gasteiger partial charge in [0, 0.05) is 24.5 Å². The second-order valence-electron chi connectivity index (χ2n) is 6.64. The molecule has 0 radical (unpaired) electrons. The smallest absolute Gasteiger partial charge is 0.146 e. The van der Waals surface area contributed by atoms with Crippen LogP contribution in [-0.2, 0) is 24.1 Å². The van der Waals surface area contributed by atoms with Gasteiger partial charge in [-0.15, -0.1) is 11.3 Å². The topological polar surface area (TPSA) is 70.5 Å². The molecule has 0 saturated carbocycles. The Hall–Kier alpha value is -1.28. The standard InChI is InChI=1S/C17H24N4O2S/c1-11(22)9-18-16-15-12-3-2-4-13(12)24-17(15)20-14(19-16)10-21-5-7-23-8-6-21/h11,22H,2-10H2,1H3,(H,18,19,20)/t11-/m0/s1. The van der Waals surface area contributed by atoms with Crippen LogP contribution in [0.25, 0.3) is 10.2 Å². The van der Waals surface area contributed by atoms with Crippen LogP contribution in [0.4, 0.5) is 5.82 Å². The first-order valence-electron chi connectivity index (χ1n) is 8.74. The van der Waals surface area contributed by atoms with Crippen LogP contribution in [0.3, 0.4) is 0 Å². The zero-order chi connectivity index (χ0) is 16.5. The molecule has 2 aromatic rings. The first-order valence-corrected chi connectivity index (χ1v) is 9.55. The van der Waals surface area contributed by atoms with Gasteiger partial charge < -0.3 is 15.2 Å². The van der Waals surface area contributed by atoms with Crippen molar-refractivity contribution in [3.05, 3.63) is 16.3 Å². The lowest BCUT2D eigenvalue weighted by Crippen LogP contribution is -2.36. The number of thiophene rings is 1. The molecule has 1 saturated heterocycles. The Morgan fingerprint density at radius 3 is 2.92 bits per heavy atom. The molecule has 1 atom stereocenters. The molecule has 24 heavy (non-hydrogen) atoms. The van der Waals surface area contributed by atoms with Crippen LogP contribution in [0.2, 0.25) is 0 Å². The summed E-state index contributed by atoms with van der Waals surface area (Å²) in [5.74, 6) is 1.75. The van der Waals surface area contributed by atoms with Crippen molar-refractivity contribution >= 4 is 27.4 Å². The van der Waals surface area contributed by atoms with E-state index in [1.807, 2.05) is 11.3 Å². The van der Waals surface area contributed by atoms with Crippen LogP contribution < -0.4 is 5.32 Å². The number of nitrogens with one attached hydrogen (secondary N) is 1. The summed E-state index contributed by atoms with van der Waals surface area (Å²) < 4.78 is 5.42. The third-order valence-electron chi connectivity index (χ3n) is 4.64. The summed E-state index contributed by atoms with van der Waals surface area (Å²) in [5.41, 5.74) is 1.42. The molecular weight excluding hydrogens is 324 g/mol. The van der Waals surface area contributed by atoms with E-state index in [9.17, 15) is 5.11 Å². The molecular formula is C17H24N4O2S. The minimum absolute atomic E-state index is 0.399. The molecule has 6 nitrogen and oxygen atoms in total. The lowest BCUT2D eigenvalue weighted by Gasteiger charge is -2.25. The number of aromatic nitrogens is 2. The van der Waals surface area contributed by atoms with Gasteiger partial charge in [-0.1, -0.05) is 0 Å². The van der Waals surface area contributed by atoms with E-state index in [-0.39, 0.29) is 0 Å². The lowest BCUT2D eigenvalue weighted by molar-refractivity contribution is 0.0331. The van der Waals surface area contributed by atoms with Gasteiger partial charge in [-0.3, -0.25) is 4.90 Å². The van der Waals surface area contributed by atoms with Gasteiger partial charge in [0.2, 0.25) is 0 Å². The number of aliphatic hydroxyl groups excluding tert-OH is 1. The fourth-order valence-electron chi connectivity index (χ4n) is 3.44. The van der Waals surface area contributed by atoms with E-state index in [0.29, 0.717) is 6.54 Å². The normalized spacial score (nSPS) is 19.6. The summed E-state index contributed by atoms with van der Waals surface area (Å²) >= 11 is 1.81. The molecule has 0 spiro atoms. The minimum Gasteiger partial charge on any atom is -0.392 e. The van der Waals surface area contributed by atoms with Crippen LogP contribution >= 0.6 is 11.3 Å². The average Bonchev–Trinajstić information content (AvgIpc) is 3.14. The van der Waals surface area contributed by atoms with Crippen molar-refractivity contribution in [1.29, 1.82) is 0 Å². The molecule has 7 heteroatoms. The summed E-state index contributed by atoms with van der Waals surface area (Å²) in [7, 11) is 0. The molecule has 0 amide bonds. The zero-order valence-corrected chi connectivity index (χ0v) is 14.9. The monoisotopic (exact) mass is 348 g/mol. The van der Waals surface area contributed by atoms with Crippen molar-refractivity contribution in [3.63, 3.8) is 0 Å². The highest BCUT2D eigenvalue weighted by atomic mass is 32.1. The Bertz CT molecular complexity index is 725. The Morgan fingerprint density at radius 1 is 1.29 bits per heavy atom. The van der Waals surface area contributed by atoms with E-state index in [1.54, 1.807) is 6.92 Å². The lowest BCUT2D eigenvalue weighted by atomic mass is 10.2. The molecule has 130 valence electrons. The molecule has 2 N–H and O–H groups in total. The number of ether oxygens (including phenoxy) is 1. The fourth-order valence-corrected chi connectivity index (χ4v) is 4.72. The van der Waals surface area contributed by atoms with Gasteiger partial charge in [-0.2, -0.15) is 0 Å². The van der Waals surface area contributed by atoms with Crippen molar-refractivity contribution in [2.24, 2.45) is 0 Å². The highest BCUT2D eigenvalue weighted by molar-refractivity contribution is 7.19. The third kappa shape index (κ3) is 3.26. The molecule has 0 unspecified atom stereocenters. The summed E-state index contributed by atoms with van der Waals surface area (Å²) in [6.45, 7) is 6.47. The Kier molecular flexibility index (Phi) is 4.67. The number of nitrogens with zero attached hydrogens (tertiary/aromatic N) is 3. The maximum Gasteiger partial charge on any atom is 0.146 e. The van der Waals surface area contributed by atoms with Crippen molar-refractivity contribution < 1.29 is 9.84 Å². The summed E-state index contributed by atoms with van der Waals surface area (Å²) in [5, 5.41) is 14.2. The van der Waals surface area contributed by atoms with E-state index < -0.39 is 6.10 Å². The Morgan fingerprint density at radius 2 is 2.12 bits per heavy atom. The third-order valence-corrected chi connectivity index (χ3v) is 5.83. The van der Waals surface area contributed by atoms with Crippen molar-refractivity contribution in [1.82, 2.24) is 14.9 Å². The van der Waals surface area contributed by atoms with Crippen molar-refractivity contribution in [2.75, 3.05) is 38.2 Å². The van der Waals surface area contributed by atoms with Crippen LogP contribution in [-0.4, -0.2) is 58.9 Å². The first kappa shape index (κ1) is 16.2. The predicted octanol–water partition coefficient (Wildman–Crippen LogP) is 1.80. The quantitative estimate of drug-likeness (QED) is 0.859. The molecule has 1 aliphatic heterocycles. The van der Waals surface area contributed by atoms with Crippen molar-refractivity contribution in [3.8, 4) is 0 Å². The molecule has 0 aromatic carbocycles. The molecule has 2 aromatic heterocycles. The van der Waals surface area contributed by atoms with Gasteiger partial charge in [0.25, 0.3) is 0 Å². The van der Waals surface area contributed by atoms with Gasteiger partial charge in [-0.05, 0) is 31.7 Å². The first-order chi connectivity index (χ1) is 11.7. The van der Waals surface area contributed by atoms with Crippen LogP contribution in [0.5, 0.6) is 0 Å². The molecule has 4 rings (SSSR count). The highest BCUT2D eigenvalue weighted by Crippen LogP contribution is 2.39. The largest absolute Gasteiger partial charge is 0.392 e. The fraction of sp³-hybridized carbons (Fsp3) is 0.647. The minimum atomic E-state index is -0.399. The highest BCUT2D eigenvalue weighted by Gasteiger charge is 2.23. The number of aryl methyl sites for hydroxylation is 2. The van der Waals surface area contributed by atoms with E-state index >= 15 is 0 Å². The van der Waals surface area contributed by atoms with Gasteiger partial charge in [0.1, 0.15) is 16.5 Å². The number of rotatable bonds is 5. The summed E-state index contributed by atoms with van der Waals surface area (Å²) in [4.78, 5) is 14.5. The van der Waals surface area contributed by atoms with Gasteiger partial charge in [-0.25, -0.2) is 9.97 Å². The molecule has 2 aliphatic rings. The molecule has 0 bridgehead atoms. The van der Waals surface area contributed by atoms with E-state index in [0.717, 1.165) is 62.2 Å². The van der Waals surface area contributed by atoms with E-state index in [1.165, 1.54) is 22.2 Å². The number of morpholine rings is 1. The van der Waals surface area contributed by atoms with Crippen molar-refractivity contribution in [2.45, 2.75) is 38.8 Å². The molecule has 1 aliphatic carbocycles. The number of hydrogen-bond acceptors (Lipinski definition) is 7. The zero-order valence-electron chi connectivity index (χ0n) is 14.0. The molecule has 3 heterocycles. The van der Waals surface area contributed by atoms with Crippen LogP contribution in [0.1, 0.15) is 29.6 Å². The number of anilines is 1.